The highest BCUT2D eigenvalue weighted by Gasteiger charge is 2.36. The normalized spacial score (nSPS) is 27.1. The van der Waals surface area contributed by atoms with Gasteiger partial charge in [-0.25, -0.2) is 0 Å². The van der Waals surface area contributed by atoms with E-state index in [0.29, 0.717) is 12.0 Å². The number of rotatable bonds is 3. The van der Waals surface area contributed by atoms with Crippen LogP contribution in [-0.2, 0) is 0 Å². The molecule has 0 aromatic heterocycles. The van der Waals surface area contributed by atoms with Crippen LogP contribution in [0.15, 0.2) is 18.2 Å². The maximum Gasteiger partial charge on any atom is 0.0438 e. The molecule has 1 aliphatic heterocycles. The van der Waals surface area contributed by atoms with Crippen LogP contribution in [0.5, 0.6) is 0 Å². The van der Waals surface area contributed by atoms with Crippen molar-refractivity contribution >= 4 is 17.3 Å². The molecule has 0 spiro atoms. The van der Waals surface area contributed by atoms with Crippen LogP contribution >= 0.6 is 11.6 Å². The van der Waals surface area contributed by atoms with Gasteiger partial charge in [0.25, 0.3) is 0 Å². The molecule has 20 heavy (non-hydrogen) atoms. The molecule has 2 unspecified atom stereocenters. The summed E-state index contributed by atoms with van der Waals surface area (Å²) < 4.78 is 0. The lowest BCUT2D eigenvalue weighted by molar-refractivity contribution is 0.253. The molecule has 0 saturated carbocycles. The minimum Gasteiger partial charge on any atom is -0.365 e. The Bertz CT molecular complexity index is 472. The first kappa shape index (κ1) is 15.7. The van der Waals surface area contributed by atoms with Gasteiger partial charge in [0.05, 0.1) is 0 Å². The van der Waals surface area contributed by atoms with Gasteiger partial charge in [-0.1, -0.05) is 38.4 Å². The number of hydrogen-bond donors (Lipinski definition) is 1. The van der Waals surface area contributed by atoms with Crippen molar-refractivity contribution in [3.05, 3.63) is 28.8 Å². The summed E-state index contributed by atoms with van der Waals surface area (Å²) in [6, 6.07) is 6.74. The average molecular weight is 295 g/mol. The predicted molar refractivity (Wildman–Crippen MR) is 88.9 cm³/mol. The topological polar surface area (TPSA) is 15.3 Å². The van der Waals surface area contributed by atoms with Crippen LogP contribution in [-0.4, -0.2) is 24.7 Å². The number of piperazine rings is 1. The van der Waals surface area contributed by atoms with E-state index in [1.54, 1.807) is 0 Å². The zero-order chi connectivity index (χ0) is 14.9. The number of anilines is 1. The molecule has 2 nitrogen and oxygen atoms in total. The molecule has 1 aromatic carbocycles. The molecule has 1 heterocycles. The lowest BCUT2D eigenvalue weighted by Gasteiger charge is -2.49. The molecular formula is C17H27ClN2. The standard InChI is InChI=1S/C17H27ClN2/c1-6-17(5)11-20(16(10-19-17)12(2)3)15-9-14(18)8-7-13(15)4/h7-9,12,16,19H,6,10-11H2,1-5H3. The molecule has 0 radical (unpaired) electrons. The quantitative estimate of drug-likeness (QED) is 0.896. The number of nitrogens with zero attached hydrogens (tertiary/aromatic N) is 1. The van der Waals surface area contributed by atoms with Crippen molar-refractivity contribution in [2.24, 2.45) is 5.92 Å². The fourth-order valence-corrected chi connectivity index (χ4v) is 3.16. The smallest absolute Gasteiger partial charge is 0.0438 e. The van der Waals surface area contributed by atoms with Gasteiger partial charge < -0.3 is 10.2 Å². The number of aryl methyl sites for hydroxylation is 1. The van der Waals surface area contributed by atoms with Crippen molar-refractivity contribution in [1.82, 2.24) is 5.32 Å². The number of halogens is 1. The van der Waals surface area contributed by atoms with Crippen molar-refractivity contribution in [3.63, 3.8) is 0 Å². The number of benzene rings is 1. The third-order valence-electron chi connectivity index (χ3n) is 4.69. The van der Waals surface area contributed by atoms with Crippen LogP contribution in [0, 0.1) is 12.8 Å². The highest BCUT2D eigenvalue weighted by atomic mass is 35.5. The summed E-state index contributed by atoms with van der Waals surface area (Å²) in [7, 11) is 0. The van der Waals surface area contributed by atoms with Gasteiger partial charge in [-0.2, -0.15) is 0 Å². The second-order valence-electron chi connectivity index (χ2n) is 6.67. The third kappa shape index (κ3) is 3.12. The second-order valence-corrected chi connectivity index (χ2v) is 7.10. The van der Waals surface area contributed by atoms with Gasteiger partial charge in [-0.15, -0.1) is 0 Å². The van der Waals surface area contributed by atoms with Crippen LogP contribution in [0.2, 0.25) is 5.02 Å². The molecule has 0 bridgehead atoms. The van der Waals surface area contributed by atoms with E-state index in [4.69, 9.17) is 11.6 Å². The second kappa shape index (κ2) is 5.95. The monoisotopic (exact) mass is 294 g/mol. The van der Waals surface area contributed by atoms with Crippen LogP contribution in [0.25, 0.3) is 0 Å². The summed E-state index contributed by atoms with van der Waals surface area (Å²) in [5, 5.41) is 4.56. The summed E-state index contributed by atoms with van der Waals surface area (Å²) in [6.07, 6.45) is 1.13. The van der Waals surface area contributed by atoms with Gasteiger partial charge in [-0.05, 0) is 43.9 Å². The van der Waals surface area contributed by atoms with E-state index >= 15 is 0 Å². The summed E-state index contributed by atoms with van der Waals surface area (Å²) in [4.78, 5) is 2.56. The molecule has 1 N–H and O–H groups in total. The highest BCUT2D eigenvalue weighted by molar-refractivity contribution is 6.30. The SMILES string of the molecule is CCC1(C)CN(c2cc(Cl)ccc2C)C(C(C)C)CN1. The van der Waals surface area contributed by atoms with E-state index in [2.05, 4.69) is 57.0 Å². The van der Waals surface area contributed by atoms with E-state index < -0.39 is 0 Å². The molecule has 0 amide bonds. The Morgan fingerprint density at radius 3 is 2.75 bits per heavy atom. The first-order valence-electron chi connectivity index (χ1n) is 7.64. The fraction of sp³-hybridized carbons (Fsp3) is 0.647. The first-order chi connectivity index (χ1) is 9.36. The molecule has 1 aliphatic rings. The summed E-state index contributed by atoms with van der Waals surface area (Å²) >= 11 is 6.23. The van der Waals surface area contributed by atoms with Crippen molar-refractivity contribution in [2.75, 3.05) is 18.0 Å². The minimum atomic E-state index is 0.181. The van der Waals surface area contributed by atoms with Crippen LogP contribution in [0.4, 0.5) is 5.69 Å². The van der Waals surface area contributed by atoms with Crippen molar-refractivity contribution in [3.8, 4) is 0 Å². The van der Waals surface area contributed by atoms with E-state index in [0.717, 1.165) is 24.5 Å². The third-order valence-corrected chi connectivity index (χ3v) is 4.92. The van der Waals surface area contributed by atoms with Gasteiger partial charge in [0.2, 0.25) is 0 Å². The van der Waals surface area contributed by atoms with Gasteiger partial charge >= 0.3 is 0 Å². The molecule has 2 atom stereocenters. The van der Waals surface area contributed by atoms with Crippen LogP contribution in [0.3, 0.4) is 0 Å². The summed E-state index contributed by atoms with van der Waals surface area (Å²) in [6.45, 7) is 13.4. The molecule has 2 rings (SSSR count). The van der Waals surface area contributed by atoms with Crippen molar-refractivity contribution < 1.29 is 0 Å². The Hall–Kier alpha value is -0.730. The van der Waals surface area contributed by atoms with Crippen LogP contribution < -0.4 is 10.2 Å². The first-order valence-corrected chi connectivity index (χ1v) is 8.02. The van der Waals surface area contributed by atoms with Crippen molar-refractivity contribution in [2.45, 2.75) is 52.6 Å². The molecule has 0 aliphatic carbocycles. The van der Waals surface area contributed by atoms with Gasteiger partial charge in [-0.3, -0.25) is 0 Å². The molecular weight excluding hydrogens is 268 g/mol. The average Bonchev–Trinajstić information content (AvgIpc) is 2.41. The fourth-order valence-electron chi connectivity index (χ4n) is 3.00. The van der Waals surface area contributed by atoms with Gasteiger partial charge in [0.1, 0.15) is 0 Å². The van der Waals surface area contributed by atoms with Crippen LogP contribution in [0.1, 0.15) is 39.7 Å². The maximum absolute atomic E-state index is 6.23. The lowest BCUT2D eigenvalue weighted by atomic mass is 9.89. The van der Waals surface area contributed by atoms with E-state index in [1.165, 1.54) is 11.3 Å². The Labute approximate surface area is 128 Å². The Balaban J connectivity index is 2.39. The van der Waals surface area contributed by atoms with E-state index in [-0.39, 0.29) is 5.54 Å². The lowest BCUT2D eigenvalue weighted by Crippen LogP contribution is -2.64. The predicted octanol–water partition coefficient (Wildman–Crippen LogP) is 4.25. The Kier molecular flexibility index (Phi) is 4.66. The summed E-state index contributed by atoms with van der Waals surface area (Å²) in [5.74, 6) is 0.613. The Morgan fingerprint density at radius 2 is 2.15 bits per heavy atom. The van der Waals surface area contributed by atoms with E-state index in [1.807, 2.05) is 6.07 Å². The molecule has 1 fully saturated rings. The number of hydrogen-bond acceptors (Lipinski definition) is 2. The molecule has 1 aromatic rings. The zero-order valence-electron chi connectivity index (χ0n) is 13.3. The molecule has 1 saturated heterocycles. The Morgan fingerprint density at radius 1 is 1.45 bits per heavy atom. The molecule has 112 valence electrons. The van der Waals surface area contributed by atoms with Gasteiger partial charge in [0, 0.05) is 35.4 Å². The summed E-state index contributed by atoms with van der Waals surface area (Å²) in [5.41, 5.74) is 2.78. The zero-order valence-corrected chi connectivity index (χ0v) is 14.1. The number of nitrogens with one attached hydrogen (secondary N) is 1. The van der Waals surface area contributed by atoms with Gasteiger partial charge in [0.15, 0.2) is 0 Å². The van der Waals surface area contributed by atoms with Crippen molar-refractivity contribution in [1.29, 1.82) is 0 Å². The largest absolute Gasteiger partial charge is 0.365 e. The minimum absolute atomic E-state index is 0.181. The van der Waals surface area contributed by atoms with E-state index in [9.17, 15) is 0 Å². The highest BCUT2D eigenvalue weighted by Crippen LogP contribution is 2.32. The maximum atomic E-state index is 6.23. The molecule has 3 heteroatoms.